The van der Waals surface area contributed by atoms with Gasteiger partial charge >= 0.3 is 6.09 Å². The summed E-state index contributed by atoms with van der Waals surface area (Å²) in [6.07, 6.45) is 3.07. The molecule has 1 fully saturated rings. The van der Waals surface area contributed by atoms with Gasteiger partial charge in [0.15, 0.2) is 0 Å². The molecule has 0 spiro atoms. The number of pyridine rings is 1. The minimum absolute atomic E-state index is 0.0796. The van der Waals surface area contributed by atoms with Gasteiger partial charge in [-0.05, 0) is 40.9 Å². The van der Waals surface area contributed by atoms with E-state index in [9.17, 15) is 4.79 Å². The van der Waals surface area contributed by atoms with Crippen molar-refractivity contribution in [1.29, 1.82) is 0 Å². The number of nitrogens with zero attached hydrogens (tertiary/aromatic N) is 3. The molecule has 1 aromatic heterocycles. The molecule has 0 unspecified atom stereocenters. The van der Waals surface area contributed by atoms with Gasteiger partial charge in [0.25, 0.3) is 0 Å². The van der Waals surface area contributed by atoms with Gasteiger partial charge in [0.1, 0.15) is 24.1 Å². The molecule has 0 saturated carbocycles. The molecule has 7 heteroatoms. The Bertz CT molecular complexity index is 561. The molecule has 1 amide bonds. The van der Waals surface area contributed by atoms with Gasteiger partial charge in [-0.1, -0.05) is 0 Å². The van der Waals surface area contributed by atoms with Crippen LogP contribution in [0.4, 0.5) is 4.79 Å². The van der Waals surface area contributed by atoms with Crippen molar-refractivity contribution in [3.8, 4) is 11.6 Å². The maximum Gasteiger partial charge on any atom is 0.410 e. The largest absolute Gasteiger partial charge is 0.489 e. The highest BCUT2D eigenvalue weighted by molar-refractivity contribution is 5.68. The zero-order chi connectivity index (χ0) is 19.2. The number of rotatable bonds is 6. The Morgan fingerprint density at radius 3 is 2.50 bits per heavy atom. The molecular weight excluding hydrogens is 334 g/mol. The van der Waals surface area contributed by atoms with Crippen LogP contribution in [-0.4, -0.2) is 72.9 Å². The van der Waals surface area contributed by atoms with Crippen LogP contribution in [0.5, 0.6) is 11.6 Å². The lowest BCUT2D eigenvalue weighted by molar-refractivity contribution is 0.0126. The highest BCUT2D eigenvalue weighted by Gasteiger charge is 2.27. The zero-order valence-electron chi connectivity index (χ0n) is 16.5. The molecule has 0 aromatic carbocycles. The Labute approximate surface area is 156 Å². The Morgan fingerprint density at radius 2 is 1.96 bits per heavy atom. The van der Waals surface area contributed by atoms with Gasteiger partial charge in [0.05, 0.1) is 6.20 Å². The van der Waals surface area contributed by atoms with Crippen LogP contribution >= 0.6 is 0 Å². The molecule has 0 radical (unpaired) electrons. The third kappa shape index (κ3) is 7.07. The number of aromatic nitrogens is 1. The lowest BCUT2D eigenvalue weighted by atomic mass is 10.1. The SMILES string of the molecule is CN(C)CCOc1ccc(OC2CCN(C(=O)OC(C)(C)C)CC2)cn1. The lowest BCUT2D eigenvalue weighted by Gasteiger charge is -2.33. The van der Waals surface area contributed by atoms with E-state index in [2.05, 4.69) is 9.88 Å². The molecule has 0 aliphatic carbocycles. The second kappa shape index (κ2) is 9.07. The first-order valence-electron chi connectivity index (χ1n) is 9.11. The summed E-state index contributed by atoms with van der Waals surface area (Å²) in [6, 6.07) is 3.69. The van der Waals surface area contributed by atoms with E-state index in [0.717, 1.165) is 25.1 Å². The van der Waals surface area contributed by atoms with Crippen LogP contribution in [0, 0.1) is 0 Å². The molecule has 1 aliphatic heterocycles. The van der Waals surface area contributed by atoms with Gasteiger partial charge in [0, 0.05) is 38.5 Å². The van der Waals surface area contributed by atoms with Gasteiger partial charge < -0.3 is 24.0 Å². The first kappa shape index (κ1) is 20.3. The number of amides is 1. The van der Waals surface area contributed by atoms with Gasteiger partial charge in [-0.25, -0.2) is 9.78 Å². The van der Waals surface area contributed by atoms with Crippen molar-refractivity contribution < 1.29 is 19.0 Å². The fourth-order valence-corrected chi connectivity index (χ4v) is 2.53. The summed E-state index contributed by atoms with van der Waals surface area (Å²) in [5, 5.41) is 0. The predicted molar refractivity (Wildman–Crippen MR) is 99.7 cm³/mol. The average molecular weight is 365 g/mol. The van der Waals surface area contributed by atoms with E-state index >= 15 is 0 Å². The summed E-state index contributed by atoms with van der Waals surface area (Å²) >= 11 is 0. The van der Waals surface area contributed by atoms with Crippen LogP contribution in [0.2, 0.25) is 0 Å². The average Bonchev–Trinajstić information content (AvgIpc) is 2.55. The highest BCUT2D eigenvalue weighted by Crippen LogP contribution is 2.21. The van der Waals surface area contributed by atoms with E-state index in [1.165, 1.54) is 0 Å². The van der Waals surface area contributed by atoms with Crippen molar-refractivity contribution in [3.63, 3.8) is 0 Å². The third-order valence-electron chi connectivity index (χ3n) is 3.89. The normalized spacial score (nSPS) is 15.8. The predicted octanol–water partition coefficient (Wildman–Crippen LogP) is 2.80. The number of ether oxygens (including phenoxy) is 3. The molecule has 1 aromatic rings. The summed E-state index contributed by atoms with van der Waals surface area (Å²) in [4.78, 5) is 20.2. The molecule has 1 aliphatic rings. The first-order valence-corrected chi connectivity index (χ1v) is 9.11. The minimum atomic E-state index is -0.466. The molecule has 0 bridgehead atoms. The fourth-order valence-electron chi connectivity index (χ4n) is 2.53. The molecule has 26 heavy (non-hydrogen) atoms. The molecule has 0 N–H and O–H groups in total. The van der Waals surface area contributed by atoms with Crippen LogP contribution in [0.25, 0.3) is 0 Å². The second-order valence-corrected chi connectivity index (χ2v) is 7.77. The van der Waals surface area contributed by atoms with Crippen molar-refractivity contribution >= 4 is 6.09 Å². The van der Waals surface area contributed by atoms with Crippen LogP contribution in [-0.2, 0) is 4.74 Å². The van der Waals surface area contributed by atoms with Gasteiger partial charge in [-0.2, -0.15) is 0 Å². The lowest BCUT2D eigenvalue weighted by Crippen LogP contribution is -2.44. The molecule has 1 saturated heterocycles. The maximum atomic E-state index is 12.1. The van der Waals surface area contributed by atoms with Crippen LogP contribution in [0.3, 0.4) is 0 Å². The first-order chi connectivity index (χ1) is 12.2. The van der Waals surface area contributed by atoms with Crippen molar-refractivity contribution in [2.24, 2.45) is 0 Å². The van der Waals surface area contributed by atoms with E-state index in [1.54, 1.807) is 11.1 Å². The second-order valence-electron chi connectivity index (χ2n) is 7.77. The van der Waals surface area contributed by atoms with Crippen molar-refractivity contribution in [2.75, 3.05) is 40.3 Å². The standard InChI is InChI=1S/C19H31N3O4/c1-19(2,3)26-18(23)22-10-8-15(9-11-22)25-16-6-7-17(20-14-16)24-13-12-21(4)5/h6-7,14-15H,8-13H2,1-5H3. The zero-order valence-corrected chi connectivity index (χ0v) is 16.5. The van der Waals surface area contributed by atoms with E-state index < -0.39 is 5.60 Å². The number of hydrogen-bond donors (Lipinski definition) is 0. The molecule has 146 valence electrons. The number of carbonyl (C=O) groups excluding carboxylic acids is 1. The summed E-state index contributed by atoms with van der Waals surface area (Å²) < 4.78 is 17.0. The molecule has 7 nitrogen and oxygen atoms in total. The van der Waals surface area contributed by atoms with Crippen LogP contribution in [0.1, 0.15) is 33.6 Å². The number of piperidine rings is 1. The third-order valence-corrected chi connectivity index (χ3v) is 3.89. The van der Waals surface area contributed by atoms with E-state index in [1.807, 2.05) is 47.0 Å². The van der Waals surface area contributed by atoms with Crippen molar-refractivity contribution in [2.45, 2.75) is 45.3 Å². The summed E-state index contributed by atoms with van der Waals surface area (Å²) in [5.41, 5.74) is -0.466. The molecule has 2 heterocycles. The smallest absolute Gasteiger partial charge is 0.410 e. The van der Waals surface area contributed by atoms with Crippen molar-refractivity contribution in [1.82, 2.24) is 14.8 Å². The Morgan fingerprint density at radius 1 is 1.27 bits per heavy atom. The van der Waals surface area contributed by atoms with E-state index in [0.29, 0.717) is 25.6 Å². The summed E-state index contributed by atoms with van der Waals surface area (Å²) in [6.45, 7) is 8.35. The Hall–Kier alpha value is -2.02. The van der Waals surface area contributed by atoms with Crippen LogP contribution < -0.4 is 9.47 Å². The molecular formula is C19H31N3O4. The topological polar surface area (TPSA) is 64.1 Å². The number of likely N-dealkylation sites (N-methyl/N-ethyl adjacent to an activating group) is 1. The Balaban J connectivity index is 1.74. The molecule has 2 rings (SSSR count). The quantitative estimate of drug-likeness (QED) is 0.772. The monoisotopic (exact) mass is 365 g/mol. The minimum Gasteiger partial charge on any atom is -0.489 e. The van der Waals surface area contributed by atoms with Gasteiger partial charge in [-0.3, -0.25) is 0 Å². The fraction of sp³-hybridized carbons (Fsp3) is 0.684. The number of hydrogen-bond acceptors (Lipinski definition) is 6. The number of likely N-dealkylation sites (tertiary alicyclic amines) is 1. The van der Waals surface area contributed by atoms with Crippen LogP contribution in [0.15, 0.2) is 18.3 Å². The molecule has 0 atom stereocenters. The summed E-state index contributed by atoms with van der Waals surface area (Å²) in [7, 11) is 4.00. The number of carbonyl (C=O) groups is 1. The highest BCUT2D eigenvalue weighted by atomic mass is 16.6. The van der Waals surface area contributed by atoms with Gasteiger partial charge in [-0.15, -0.1) is 0 Å². The summed E-state index contributed by atoms with van der Waals surface area (Å²) in [5.74, 6) is 1.32. The van der Waals surface area contributed by atoms with E-state index in [-0.39, 0.29) is 12.2 Å². The maximum absolute atomic E-state index is 12.1. The Kier molecular flexibility index (Phi) is 7.08. The van der Waals surface area contributed by atoms with Crippen molar-refractivity contribution in [3.05, 3.63) is 18.3 Å². The van der Waals surface area contributed by atoms with Gasteiger partial charge in [0.2, 0.25) is 5.88 Å². The van der Waals surface area contributed by atoms with E-state index in [4.69, 9.17) is 14.2 Å².